The molecule has 0 aliphatic carbocycles. The van der Waals surface area contributed by atoms with Crippen LogP contribution < -0.4 is 15.2 Å². The number of phenols is 2. The van der Waals surface area contributed by atoms with Crippen LogP contribution in [0.1, 0.15) is 10.4 Å². The molecule has 0 saturated heterocycles. The Bertz CT molecular complexity index is 820. The highest BCUT2D eigenvalue weighted by Gasteiger charge is 2.12. The number of hydrogen-bond donors (Lipinski definition) is 5. The number of rotatable bonds is 4. The lowest BCUT2D eigenvalue weighted by Crippen LogP contribution is -2.21. The molecule has 0 unspecified atom stereocenters. The molecule has 0 aliphatic heterocycles. The van der Waals surface area contributed by atoms with Gasteiger partial charge in [-0.15, -0.1) is 0 Å². The lowest BCUT2D eigenvalue weighted by molar-refractivity contribution is 0.102. The molecule has 0 bridgehead atoms. The molecule has 0 aliphatic rings. The van der Waals surface area contributed by atoms with Gasteiger partial charge in [-0.1, -0.05) is 6.07 Å². The quantitative estimate of drug-likeness (QED) is 0.570. The number of amides is 1. The molecule has 2 aromatic rings. The van der Waals surface area contributed by atoms with Crippen molar-refractivity contribution in [3.8, 4) is 11.5 Å². The van der Waals surface area contributed by atoms with Gasteiger partial charge in [0.1, 0.15) is 11.5 Å². The predicted octanol–water partition coefficient (Wildman–Crippen LogP) is 0.965. The zero-order valence-electron chi connectivity index (χ0n) is 11.1. The maximum absolute atomic E-state index is 12.0. The standard InChI is InChI=1S/C13H13N3O5S/c14-22(20,21)16-9-3-1-2-8(6-9)15-13(19)11-5-4-10(17)7-12(11)18/h1-7,16-18H,(H,15,19)(H2,14,20,21). The highest BCUT2D eigenvalue weighted by molar-refractivity contribution is 7.90. The van der Waals surface area contributed by atoms with Crippen LogP contribution in [-0.4, -0.2) is 24.5 Å². The molecule has 0 heterocycles. The molecule has 0 radical (unpaired) electrons. The third-order valence-electron chi connectivity index (χ3n) is 2.61. The Morgan fingerprint density at radius 3 is 2.36 bits per heavy atom. The largest absolute Gasteiger partial charge is 0.508 e. The van der Waals surface area contributed by atoms with Crippen molar-refractivity contribution >= 4 is 27.5 Å². The Balaban J connectivity index is 2.20. The van der Waals surface area contributed by atoms with E-state index in [1.807, 2.05) is 0 Å². The van der Waals surface area contributed by atoms with Crippen molar-refractivity contribution in [1.82, 2.24) is 0 Å². The molecule has 2 aromatic carbocycles. The van der Waals surface area contributed by atoms with Crippen molar-refractivity contribution in [3.05, 3.63) is 48.0 Å². The van der Waals surface area contributed by atoms with Crippen molar-refractivity contribution in [2.24, 2.45) is 5.14 Å². The smallest absolute Gasteiger partial charge is 0.296 e. The summed E-state index contributed by atoms with van der Waals surface area (Å²) < 4.78 is 24.0. The minimum Gasteiger partial charge on any atom is -0.508 e. The van der Waals surface area contributed by atoms with Gasteiger partial charge >= 0.3 is 0 Å². The minimum atomic E-state index is -3.92. The first kappa shape index (κ1) is 15.6. The number of nitrogens with one attached hydrogen (secondary N) is 2. The van der Waals surface area contributed by atoms with Crippen LogP contribution in [0.15, 0.2) is 42.5 Å². The van der Waals surface area contributed by atoms with E-state index in [1.54, 1.807) is 0 Å². The molecule has 22 heavy (non-hydrogen) atoms. The summed E-state index contributed by atoms with van der Waals surface area (Å²) in [5, 5.41) is 26.2. The second kappa shape index (κ2) is 5.92. The summed E-state index contributed by atoms with van der Waals surface area (Å²) in [6.45, 7) is 0. The van der Waals surface area contributed by atoms with Crippen LogP contribution >= 0.6 is 0 Å². The summed E-state index contributed by atoms with van der Waals surface area (Å²) in [5.74, 6) is -1.17. The number of phenolic OH excluding ortho intramolecular Hbond substituents is 2. The molecular formula is C13H13N3O5S. The van der Waals surface area contributed by atoms with Crippen molar-refractivity contribution in [2.75, 3.05) is 10.0 Å². The number of carbonyl (C=O) groups is 1. The number of anilines is 2. The van der Waals surface area contributed by atoms with Gasteiger partial charge in [-0.2, -0.15) is 8.42 Å². The monoisotopic (exact) mass is 323 g/mol. The molecule has 2 rings (SSSR count). The average molecular weight is 323 g/mol. The molecule has 0 fully saturated rings. The number of hydrogen-bond acceptors (Lipinski definition) is 5. The summed E-state index contributed by atoms with van der Waals surface area (Å²) in [6, 6.07) is 9.41. The Morgan fingerprint density at radius 2 is 1.73 bits per heavy atom. The number of nitrogens with two attached hydrogens (primary N) is 1. The maximum atomic E-state index is 12.0. The Morgan fingerprint density at radius 1 is 1.05 bits per heavy atom. The summed E-state index contributed by atoms with van der Waals surface area (Å²) >= 11 is 0. The van der Waals surface area contributed by atoms with Gasteiger partial charge in [0, 0.05) is 11.8 Å². The lowest BCUT2D eigenvalue weighted by Gasteiger charge is -2.09. The summed E-state index contributed by atoms with van der Waals surface area (Å²) in [6.07, 6.45) is 0. The average Bonchev–Trinajstić information content (AvgIpc) is 2.36. The van der Waals surface area contributed by atoms with Gasteiger partial charge in [0.25, 0.3) is 16.1 Å². The van der Waals surface area contributed by atoms with Crippen LogP contribution in [0.3, 0.4) is 0 Å². The van der Waals surface area contributed by atoms with Gasteiger partial charge in [0.15, 0.2) is 0 Å². The molecular weight excluding hydrogens is 310 g/mol. The van der Waals surface area contributed by atoms with Gasteiger partial charge in [-0.3, -0.25) is 9.52 Å². The first-order valence-corrected chi connectivity index (χ1v) is 7.53. The molecule has 9 heteroatoms. The van der Waals surface area contributed by atoms with Crippen LogP contribution in [0, 0.1) is 0 Å². The highest BCUT2D eigenvalue weighted by Crippen LogP contribution is 2.24. The second-order valence-corrected chi connectivity index (χ2v) is 5.68. The van der Waals surface area contributed by atoms with Crippen molar-refractivity contribution in [3.63, 3.8) is 0 Å². The fourth-order valence-electron chi connectivity index (χ4n) is 1.74. The lowest BCUT2D eigenvalue weighted by atomic mass is 10.1. The highest BCUT2D eigenvalue weighted by atomic mass is 32.2. The third-order valence-corrected chi connectivity index (χ3v) is 3.13. The van der Waals surface area contributed by atoms with Crippen molar-refractivity contribution in [1.29, 1.82) is 0 Å². The van der Waals surface area contributed by atoms with E-state index < -0.39 is 16.1 Å². The normalized spacial score (nSPS) is 11.0. The zero-order valence-corrected chi connectivity index (χ0v) is 12.0. The van der Waals surface area contributed by atoms with E-state index in [2.05, 4.69) is 10.0 Å². The summed E-state index contributed by atoms with van der Waals surface area (Å²) in [5.41, 5.74) is 0.434. The van der Waals surface area contributed by atoms with Gasteiger partial charge in [-0.05, 0) is 30.3 Å². The number of aromatic hydroxyl groups is 2. The van der Waals surface area contributed by atoms with Gasteiger partial charge < -0.3 is 15.5 Å². The molecule has 0 saturated carbocycles. The van der Waals surface area contributed by atoms with Crippen molar-refractivity contribution < 1.29 is 23.4 Å². The van der Waals surface area contributed by atoms with E-state index in [1.165, 1.54) is 36.4 Å². The molecule has 8 nitrogen and oxygen atoms in total. The molecule has 6 N–H and O–H groups in total. The van der Waals surface area contributed by atoms with Crippen molar-refractivity contribution in [2.45, 2.75) is 0 Å². The molecule has 0 aromatic heterocycles. The molecule has 0 spiro atoms. The zero-order chi connectivity index (χ0) is 16.3. The Labute approximate surface area is 126 Å². The summed E-state index contributed by atoms with van der Waals surface area (Å²) in [4.78, 5) is 12.0. The van der Waals surface area contributed by atoms with Crippen LogP contribution in [0.2, 0.25) is 0 Å². The van der Waals surface area contributed by atoms with E-state index in [-0.39, 0.29) is 22.7 Å². The minimum absolute atomic E-state index is 0.0393. The maximum Gasteiger partial charge on any atom is 0.296 e. The first-order valence-electron chi connectivity index (χ1n) is 5.98. The summed E-state index contributed by atoms with van der Waals surface area (Å²) in [7, 11) is -3.92. The van der Waals surface area contributed by atoms with E-state index in [9.17, 15) is 23.4 Å². The van der Waals surface area contributed by atoms with E-state index in [0.717, 1.165) is 6.07 Å². The number of benzene rings is 2. The van der Waals surface area contributed by atoms with Crippen LogP contribution in [0.4, 0.5) is 11.4 Å². The fraction of sp³-hybridized carbons (Fsp3) is 0. The molecule has 116 valence electrons. The van der Waals surface area contributed by atoms with Crippen LogP contribution in [0.5, 0.6) is 11.5 Å². The van der Waals surface area contributed by atoms with E-state index in [0.29, 0.717) is 5.69 Å². The van der Waals surface area contributed by atoms with Crippen LogP contribution in [0.25, 0.3) is 0 Å². The first-order chi connectivity index (χ1) is 10.2. The van der Waals surface area contributed by atoms with Crippen LogP contribution in [-0.2, 0) is 10.2 Å². The van der Waals surface area contributed by atoms with E-state index in [4.69, 9.17) is 5.14 Å². The Kier molecular flexibility index (Phi) is 4.20. The van der Waals surface area contributed by atoms with E-state index >= 15 is 0 Å². The number of carbonyl (C=O) groups excluding carboxylic acids is 1. The predicted molar refractivity (Wildman–Crippen MR) is 80.9 cm³/mol. The Hall–Kier alpha value is -2.78. The topological polar surface area (TPSA) is 142 Å². The van der Waals surface area contributed by atoms with Gasteiger partial charge in [0.05, 0.1) is 11.3 Å². The second-order valence-electron chi connectivity index (χ2n) is 4.38. The SMILES string of the molecule is NS(=O)(=O)Nc1cccc(NC(=O)c2ccc(O)cc2O)c1. The molecule has 0 atom stereocenters. The fourth-order valence-corrected chi connectivity index (χ4v) is 2.19. The molecule has 1 amide bonds. The van der Waals surface area contributed by atoms with Gasteiger partial charge in [0.2, 0.25) is 0 Å². The third kappa shape index (κ3) is 4.11. The van der Waals surface area contributed by atoms with Gasteiger partial charge in [-0.25, -0.2) is 5.14 Å².